The first-order valence-electron chi connectivity index (χ1n) is 25.7. The highest BCUT2D eigenvalue weighted by Crippen LogP contribution is 2.57. The van der Waals surface area contributed by atoms with Crippen molar-refractivity contribution in [3.8, 4) is 39.1 Å². The van der Waals surface area contributed by atoms with Crippen LogP contribution in [0.1, 0.15) is 128 Å². The largest absolute Gasteiger partial charge is 0.355 e. The van der Waals surface area contributed by atoms with Crippen molar-refractivity contribution in [1.29, 1.82) is 0 Å². The zero-order chi connectivity index (χ0) is 48.2. The smallest absolute Gasteiger partial charge is 0.198 e. The molecule has 3 aliphatic carbocycles. The predicted octanol–water partition coefficient (Wildman–Crippen LogP) is 16.5. The van der Waals surface area contributed by atoms with Crippen LogP contribution in [0.4, 0.5) is 11.4 Å². The molecular formula is C66H61BN2S. The van der Waals surface area contributed by atoms with E-state index in [4.69, 9.17) is 0 Å². The van der Waals surface area contributed by atoms with Gasteiger partial charge in [-0.25, -0.2) is 0 Å². The molecule has 0 amide bonds. The van der Waals surface area contributed by atoms with E-state index in [-0.39, 0.29) is 27.1 Å². The Morgan fingerprint density at radius 3 is 1.93 bits per heavy atom. The van der Waals surface area contributed by atoms with Gasteiger partial charge in [-0.1, -0.05) is 160 Å². The van der Waals surface area contributed by atoms with E-state index in [0.29, 0.717) is 0 Å². The molecule has 1 N–H and O–H groups in total. The van der Waals surface area contributed by atoms with Gasteiger partial charge in [-0.2, -0.15) is 0 Å². The molecule has 0 radical (unpaired) electrons. The van der Waals surface area contributed by atoms with Gasteiger partial charge in [0.15, 0.2) is 7.28 Å². The molecule has 2 nitrogen and oxygen atoms in total. The maximum absolute atomic E-state index is 4.09. The summed E-state index contributed by atoms with van der Waals surface area (Å²) >= 11 is 1.92. The average Bonchev–Trinajstić information content (AvgIpc) is 3.99. The summed E-state index contributed by atoms with van der Waals surface area (Å²) in [4.78, 5) is 0. The fourth-order valence-electron chi connectivity index (χ4n) is 13.8. The predicted molar refractivity (Wildman–Crippen MR) is 304 cm³/mol. The van der Waals surface area contributed by atoms with Gasteiger partial charge in [0.1, 0.15) is 0 Å². The van der Waals surface area contributed by atoms with Crippen LogP contribution in [-0.2, 0) is 27.1 Å². The lowest BCUT2D eigenvalue weighted by Crippen LogP contribution is -2.37. The second kappa shape index (κ2) is 13.7. The fourth-order valence-corrected chi connectivity index (χ4v) is 14.9. The van der Waals surface area contributed by atoms with Gasteiger partial charge in [-0.15, -0.1) is 11.3 Å². The summed E-state index contributed by atoms with van der Waals surface area (Å²) in [6.07, 6.45) is 2.40. The number of hydrogen-bond donors (Lipinski definition) is 1. The summed E-state index contributed by atoms with van der Waals surface area (Å²) in [6.45, 7) is 26.5. The van der Waals surface area contributed by atoms with Crippen molar-refractivity contribution >= 4 is 82.9 Å². The summed E-state index contributed by atoms with van der Waals surface area (Å²) in [6, 6.07) is 52.7. The number of benzene rings is 8. The normalized spacial score (nSPS) is 17.2. The molecule has 3 heterocycles. The van der Waals surface area contributed by atoms with E-state index in [1.165, 1.54) is 144 Å². The van der Waals surface area contributed by atoms with Crippen LogP contribution in [0.15, 0.2) is 133 Å². The Morgan fingerprint density at radius 2 is 1.16 bits per heavy atom. The standard InChI is InChI=1S/C66H61BN2S/c1-62(2,3)36-20-22-37(23-21-36)68-55-34-51-42(43-29-52-53(33-50(43)66(51,10)11)64(6,7)27-26-63(52,4)5)28-45(55)40-24-25-41-46-30-49-44(38-16-12-14-18-48(38)65(49,8)9)32-56(46)69-57-35-59-47(31-54(57)67-60(40)61(41)69)39-17-13-15-19-58(39)70-59/h12-25,28-35,67-68H,26-27H2,1-11H3. The van der Waals surface area contributed by atoms with Gasteiger partial charge in [-0.3, -0.25) is 0 Å². The van der Waals surface area contributed by atoms with Crippen molar-refractivity contribution in [3.63, 3.8) is 0 Å². The second-order valence-electron chi connectivity index (χ2n) is 24.9. The molecule has 4 aliphatic rings. The summed E-state index contributed by atoms with van der Waals surface area (Å²) in [5, 5.41) is 9.47. The van der Waals surface area contributed by atoms with Gasteiger partial charge in [-0.05, 0) is 161 Å². The van der Waals surface area contributed by atoms with E-state index in [1.807, 2.05) is 11.3 Å². The van der Waals surface area contributed by atoms with Crippen LogP contribution < -0.4 is 16.2 Å². The van der Waals surface area contributed by atoms with Crippen LogP contribution in [0.2, 0.25) is 0 Å². The van der Waals surface area contributed by atoms with Crippen LogP contribution in [0, 0.1) is 0 Å². The molecule has 0 unspecified atom stereocenters. The molecular weight excluding hydrogens is 864 g/mol. The third kappa shape index (κ3) is 5.69. The van der Waals surface area contributed by atoms with Crippen LogP contribution in [0.3, 0.4) is 0 Å². The number of rotatable bonds is 3. The number of thiophene rings is 1. The molecule has 0 saturated heterocycles. The van der Waals surface area contributed by atoms with Crippen LogP contribution in [0.5, 0.6) is 0 Å². The van der Waals surface area contributed by atoms with Crippen molar-refractivity contribution in [2.45, 2.75) is 116 Å². The zero-order valence-electron chi connectivity index (χ0n) is 42.7. The summed E-state index contributed by atoms with van der Waals surface area (Å²) < 4.78 is 5.36. The number of aromatic nitrogens is 1. The Bertz CT molecular complexity index is 3970. The fraction of sp³-hybridized carbons (Fsp3) is 0.273. The molecule has 0 saturated carbocycles. The first kappa shape index (κ1) is 42.5. The number of fused-ring (bicyclic) bond motifs is 15. The van der Waals surface area contributed by atoms with Crippen molar-refractivity contribution in [2.24, 2.45) is 0 Å². The quantitative estimate of drug-likeness (QED) is 0.175. The van der Waals surface area contributed by atoms with E-state index < -0.39 is 0 Å². The molecule has 4 heteroatoms. The Morgan fingerprint density at radius 1 is 0.500 bits per heavy atom. The molecule has 10 aromatic rings. The van der Waals surface area contributed by atoms with Crippen molar-refractivity contribution in [3.05, 3.63) is 172 Å². The van der Waals surface area contributed by atoms with E-state index >= 15 is 0 Å². The van der Waals surface area contributed by atoms with Crippen molar-refractivity contribution in [2.75, 3.05) is 5.32 Å². The summed E-state index contributed by atoms with van der Waals surface area (Å²) in [5.41, 5.74) is 27.2. The van der Waals surface area contributed by atoms with E-state index in [1.54, 1.807) is 0 Å². The zero-order valence-corrected chi connectivity index (χ0v) is 43.5. The van der Waals surface area contributed by atoms with E-state index in [9.17, 15) is 0 Å². The molecule has 2 aromatic heterocycles. The van der Waals surface area contributed by atoms with Gasteiger partial charge in [0.2, 0.25) is 0 Å². The summed E-state index contributed by atoms with van der Waals surface area (Å²) in [7, 11) is 0.849. The molecule has 1 aliphatic heterocycles. The first-order chi connectivity index (χ1) is 33.3. The van der Waals surface area contributed by atoms with Crippen molar-refractivity contribution in [1.82, 2.24) is 4.57 Å². The van der Waals surface area contributed by atoms with Crippen LogP contribution >= 0.6 is 11.3 Å². The summed E-state index contributed by atoms with van der Waals surface area (Å²) in [5.74, 6) is 0. The highest BCUT2D eigenvalue weighted by atomic mass is 32.1. The first-order valence-corrected chi connectivity index (χ1v) is 26.6. The van der Waals surface area contributed by atoms with Gasteiger partial charge < -0.3 is 9.88 Å². The average molecular weight is 925 g/mol. The highest BCUT2D eigenvalue weighted by Gasteiger charge is 2.44. The third-order valence-electron chi connectivity index (χ3n) is 18.0. The van der Waals surface area contributed by atoms with Gasteiger partial charge in [0.05, 0.1) is 5.52 Å². The molecule has 70 heavy (non-hydrogen) atoms. The maximum atomic E-state index is 4.09. The highest BCUT2D eigenvalue weighted by molar-refractivity contribution is 7.25. The third-order valence-corrected chi connectivity index (χ3v) is 19.2. The SMILES string of the molecule is CC(C)(C)c1ccc(Nc2cc3c(cc2-c2ccc4c5cc6c(cc5n5c4c2Bc2cc4c(cc2-5)sc2ccccc24)-c2ccccc2C6(C)C)-c2cc4c(cc2C3(C)C)C(C)(C)CCC4(C)C)cc1. The Labute approximate surface area is 418 Å². The number of anilines is 2. The molecule has 344 valence electrons. The number of nitrogens with one attached hydrogen (secondary N) is 1. The lowest BCUT2D eigenvalue weighted by molar-refractivity contribution is 0.331. The molecule has 0 bridgehead atoms. The number of nitrogens with zero attached hydrogens (tertiary/aromatic N) is 1. The Kier molecular flexibility index (Phi) is 8.34. The van der Waals surface area contributed by atoms with Crippen LogP contribution in [0.25, 0.3) is 81.0 Å². The van der Waals surface area contributed by atoms with Crippen molar-refractivity contribution < 1.29 is 0 Å². The van der Waals surface area contributed by atoms with Gasteiger partial charge in [0.25, 0.3) is 0 Å². The molecule has 0 atom stereocenters. The topological polar surface area (TPSA) is 17.0 Å². The van der Waals surface area contributed by atoms with Gasteiger partial charge in [0, 0.05) is 64.5 Å². The minimum atomic E-state index is -0.173. The molecule has 8 aromatic carbocycles. The minimum absolute atomic E-state index is 0.0718. The molecule has 0 fully saturated rings. The molecule has 0 spiro atoms. The number of hydrogen-bond acceptors (Lipinski definition) is 2. The van der Waals surface area contributed by atoms with E-state index in [2.05, 4.69) is 220 Å². The second-order valence-corrected chi connectivity index (χ2v) is 26.0. The maximum Gasteiger partial charge on any atom is 0.198 e. The molecule has 14 rings (SSSR count). The lowest BCUT2D eigenvalue weighted by atomic mass is 9.59. The van der Waals surface area contributed by atoms with Crippen LogP contribution in [-0.4, -0.2) is 11.8 Å². The van der Waals surface area contributed by atoms with E-state index in [0.717, 1.165) is 18.7 Å². The van der Waals surface area contributed by atoms with Gasteiger partial charge >= 0.3 is 0 Å². The monoisotopic (exact) mass is 924 g/mol. The lowest BCUT2D eigenvalue weighted by Gasteiger charge is -2.42. The minimum Gasteiger partial charge on any atom is -0.355 e. The Hall–Kier alpha value is -6.36. The Balaban J connectivity index is 1.06.